The minimum absolute atomic E-state index is 0.177. The molecule has 0 spiro atoms. The number of nitrogens with one attached hydrogen (secondary N) is 1. The standard InChI is InChI=1S/C17H19NO2/c1-3-13-4-6-14(7-5-13)12(2)18-16-10-8-15(9-11-16)17(19)20/h4-12,18H,3H2,1-2H3,(H,19,20). The SMILES string of the molecule is CCc1ccc(C(C)Nc2ccc(C(=O)O)cc2)cc1. The number of benzene rings is 2. The second kappa shape index (κ2) is 6.24. The number of anilines is 1. The lowest BCUT2D eigenvalue weighted by molar-refractivity contribution is 0.0697. The molecule has 0 saturated heterocycles. The fourth-order valence-electron chi connectivity index (χ4n) is 2.08. The van der Waals surface area contributed by atoms with Gasteiger partial charge in [0.2, 0.25) is 0 Å². The van der Waals surface area contributed by atoms with Gasteiger partial charge >= 0.3 is 5.97 Å². The van der Waals surface area contributed by atoms with Gasteiger partial charge in [0.05, 0.1) is 5.56 Å². The van der Waals surface area contributed by atoms with E-state index in [9.17, 15) is 4.79 Å². The molecular formula is C17H19NO2. The summed E-state index contributed by atoms with van der Waals surface area (Å²) in [6.45, 7) is 4.23. The van der Waals surface area contributed by atoms with Gasteiger partial charge in [-0.2, -0.15) is 0 Å². The van der Waals surface area contributed by atoms with Crippen LogP contribution in [0.25, 0.3) is 0 Å². The molecule has 0 heterocycles. The Morgan fingerprint density at radius 3 is 2.20 bits per heavy atom. The lowest BCUT2D eigenvalue weighted by Crippen LogP contribution is -2.07. The fourth-order valence-corrected chi connectivity index (χ4v) is 2.08. The van der Waals surface area contributed by atoms with Gasteiger partial charge in [-0.1, -0.05) is 31.2 Å². The predicted molar refractivity (Wildman–Crippen MR) is 81.3 cm³/mol. The van der Waals surface area contributed by atoms with Gasteiger partial charge in [-0.15, -0.1) is 0 Å². The molecule has 2 aromatic rings. The van der Waals surface area contributed by atoms with E-state index >= 15 is 0 Å². The van der Waals surface area contributed by atoms with Crippen molar-refractivity contribution in [1.82, 2.24) is 0 Å². The average Bonchev–Trinajstić information content (AvgIpc) is 2.48. The molecule has 1 unspecified atom stereocenters. The van der Waals surface area contributed by atoms with Gasteiger partial charge in [-0.25, -0.2) is 4.79 Å². The highest BCUT2D eigenvalue weighted by Crippen LogP contribution is 2.20. The summed E-state index contributed by atoms with van der Waals surface area (Å²) in [5, 5.41) is 12.2. The minimum Gasteiger partial charge on any atom is -0.478 e. The van der Waals surface area contributed by atoms with Gasteiger partial charge in [0, 0.05) is 11.7 Å². The largest absolute Gasteiger partial charge is 0.478 e. The molecule has 0 aliphatic heterocycles. The van der Waals surface area contributed by atoms with Gasteiger partial charge < -0.3 is 10.4 Å². The lowest BCUT2D eigenvalue weighted by atomic mass is 10.0. The van der Waals surface area contributed by atoms with Gasteiger partial charge in [0.25, 0.3) is 0 Å². The van der Waals surface area contributed by atoms with E-state index in [0.717, 1.165) is 12.1 Å². The molecule has 2 rings (SSSR count). The van der Waals surface area contributed by atoms with Crippen LogP contribution in [0.4, 0.5) is 5.69 Å². The van der Waals surface area contributed by atoms with Crippen LogP contribution < -0.4 is 5.32 Å². The van der Waals surface area contributed by atoms with E-state index < -0.39 is 5.97 Å². The molecule has 0 amide bonds. The fraction of sp³-hybridized carbons (Fsp3) is 0.235. The first-order valence-corrected chi connectivity index (χ1v) is 6.79. The molecule has 2 aromatic carbocycles. The van der Waals surface area contributed by atoms with Crippen molar-refractivity contribution < 1.29 is 9.90 Å². The number of rotatable bonds is 5. The van der Waals surface area contributed by atoms with Crippen LogP contribution in [0, 0.1) is 0 Å². The molecule has 3 heteroatoms. The highest BCUT2D eigenvalue weighted by molar-refractivity contribution is 5.88. The number of hydrogen-bond acceptors (Lipinski definition) is 2. The molecule has 104 valence electrons. The van der Waals surface area contributed by atoms with E-state index in [1.807, 2.05) is 0 Å². The molecule has 0 saturated carbocycles. The van der Waals surface area contributed by atoms with Crippen molar-refractivity contribution in [3.05, 3.63) is 65.2 Å². The minimum atomic E-state index is -0.903. The quantitative estimate of drug-likeness (QED) is 0.858. The van der Waals surface area contributed by atoms with Crippen LogP contribution >= 0.6 is 0 Å². The van der Waals surface area contributed by atoms with Crippen molar-refractivity contribution in [2.45, 2.75) is 26.3 Å². The summed E-state index contributed by atoms with van der Waals surface area (Å²) < 4.78 is 0. The van der Waals surface area contributed by atoms with Gasteiger partial charge in [0.15, 0.2) is 0 Å². The Morgan fingerprint density at radius 1 is 1.10 bits per heavy atom. The summed E-state index contributed by atoms with van der Waals surface area (Å²) in [6.07, 6.45) is 1.04. The first kappa shape index (κ1) is 14.1. The van der Waals surface area contributed by atoms with Crippen molar-refractivity contribution in [2.24, 2.45) is 0 Å². The van der Waals surface area contributed by atoms with Crippen LogP contribution in [0.5, 0.6) is 0 Å². The van der Waals surface area contributed by atoms with Gasteiger partial charge in [-0.05, 0) is 48.7 Å². The van der Waals surface area contributed by atoms with E-state index in [2.05, 4.69) is 43.4 Å². The van der Waals surface area contributed by atoms with E-state index in [1.165, 1.54) is 11.1 Å². The molecule has 2 N–H and O–H groups in total. The zero-order valence-corrected chi connectivity index (χ0v) is 11.8. The van der Waals surface area contributed by atoms with Crippen LogP contribution in [-0.2, 0) is 6.42 Å². The number of carbonyl (C=O) groups is 1. The molecular weight excluding hydrogens is 250 g/mol. The number of hydrogen-bond donors (Lipinski definition) is 2. The summed E-state index contributed by atoms with van der Waals surface area (Å²) in [5.41, 5.74) is 3.76. The lowest BCUT2D eigenvalue weighted by Gasteiger charge is -2.16. The highest BCUT2D eigenvalue weighted by atomic mass is 16.4. The first-order chi connectivity index (χ1) is 9.60. The number of aryl methyl sites for hydroxylation is 1. The summed E-state index contributed by atoms with van der Waals surface area (Å²) >= 11 is 0. The predicted octanol–water partition coefficient (Wildman–Crippen LogP) is 4.12. The maximum absolute atomic E-state index is 10.8. The normalized spacial score (nSPS) is 11.9. The maximum atomic E-state index is 10.8. The van der Waals surface area contributed by atoms with Crippen LogP contribution in [0.15, 0.2) is 48.5 Å². The second-order valence-corrected chi connectivity index (χ2v) is 4.84. The second-order valence-electron chi connectivity index (χ2n) is 4.84. The molecule has 0 bridgehead atoms. The molecule has 1 atom stereocenters. The maximum Gasteiger partial charge on any atom is 0.335 e. The molecule has 0 aliphatic rings. The molecule has 0 aliphatic carbocycles. The highest BCUT2D eigenvalue weighted by Gasteiger charge is 2.06. The van der Waals surface area contributed by atoms with Crippen LogP contribution in [-0.4, -0.2) is 11.1 Å². The van der Waals surface area contributed by atoms with Crippen molar-refractivity contribution in [3.63, 3.8) is 0 Å². The molecule has 0 radical (unpaired) electrons. The third-order valence-corrected chi connectivity index (χ3v) is 3.40. The zero-order valence-electron chi connectivity index (χ0n) is 11.8. The number of aromatic carboxylic acids is 1. The zero-order chi connectivity index (χ0) is 14.5. The Morgan fingerprint density at radius 2 is 1.70 bits per heavy atom. The van der Waals surface area contributed by atoms with Gasteiger partial charge in [0.1, 0.15) is 0 Å². The van der Waals surface area contributed by atoms with E-state index in [0.29, 0.717) is 5.56 Å². The third kappa shape index (κ3) is 3.38. The molecule has 3 nitrogen and oxygen atoms in total. The van der Waals surface area contributed by atoms with Gasteiger partial charge in [-0.3, -0.25) is 0 Å². The van der Waals surface area contributed by atoms with Crippen LogP contribution in [0.2, 0.25) is 0 Å². The number of carboxylic acids is 1. The van der Waals surface area contributed by atoms with E-state index in [-0.39, 0.29) is 6.04 Å². The number of carboxylic acid groups (broad SMARTS) is 1. The smallest absolute Gasteiger partial charge is 0.335 e. The summed E-state index contributed by atoms with van der Waals surface area (Å²) in [5.74, 6) is -0.903. The average molecular weight is 269 g/mol. The molecule has 0 aromatic heterocycles. The molecule has 20 heavy (non-hydrogen) atoms. The monoisotopic (exact) mass is 269 g/mol. The van der Waals surface area contributed by atoms with E-state index in [4.69, 9.17) is 5.11 Å². The third-order valence-electron chi connectivity index (χ3n) is 3.40. The first-order valence-electron chi connectivity index (χ1n) is 6.79. The summed E-state index contributed by atoms with van der Waals surface area (Å²) in [4.78, 5) is 10.8. The van der Waals surface area contributed by atoms with Crippen molar-refractivity contribution in [1.29, 1.82) is 0 Å². The Kier molecular flexibility index (Phi) is 4.41. The summed E-state index contributed by atoms with van der Waals surface area (Å²) in [7, 11) is 0. The Labute approximate surface area is 119 Å². The van der Waals surface area contributed by atoms with Crippen molar-refractivity contribution >= 4 is 11.7 Å². The Bertz CT molecular complexity index is 573. The van der Waals surface area contributed by atoms with Crippen LogP contribution in [0.3, 0.4) is 0 Å². The Balaban J connectivity index is 2.06. The van der Waals surface area contributed by atoms with Crippen molar-refractivity contribution in [3.8, 4) is 0 Å². The molecule has 0 fully saturated rings. The van der Waals surface area contributed by atoms with Crippen LogP contribution in [0.1, 0.15) is 41.4 Å². The van der Waals surface area contributed by atoms with E-state index in [1.54, 1.807) is 24.3 Å². The Hall–Kier alpha value is -2.29. The van der Waals surface area contributed by atoms with Crippen molar-refractivity contribution in [2.75, 3.05) is 5.32 Å². The summed E-state index contributed by atoms with van der Waals surface area (Å²) in [6, 6.07) is 15.5. The topological polar surface area (TPSA) is 49.3 Å².